The Morgan fingerprint density at radius 3 is 2.50 bits per heavy atom. The first-order chi connectivity index (χ1) is 15.5. The van der Waals surface area contributed by atoms with Gasteiger partial charge < -0.3 is 4.90 Å². The second-order valence-electron chi connectivity index (χ2n) is 8.79. The van der Waals surface area contributed by atoms with Gasteiger partial charge in [-0.25, -0.2) is 0 Å². The van der Waals surface area contributed by atoms with E-state index in [1.54, 1.807) is 0 Å². The molecule has 2 unspecified atom stereocenters. The van der Waals surface area contributed by atoms with Gasteiger partial charge in [0.15, 0.2) is 0 Å². The smallest absolute Gasteiger partial charge is 0.243 e. The Balaban J connectivity index is 1.20. The Labute approximate surface area is 198 Å². The zero-order valence-electron chi connectivity index (χ0n) is 17.8. The Morgan fingerprint density at radius 2 is 1.78 bits per heavy atom. The summed E-state index contributed by atoms with van der Waals surface area (Å²) in [5.41, 5.74) is 4.90. The SMILES string of the molecule is O=C1CCC(N2Cc3cc(CN4CCN(c5ccc(Cl)cc5)CC4)ccc3C2S)C(=O)N1. The number of hydrogen-bond acceptors (Lipinski definition) is 6. The summed E-state index contributed by atoms with van der Waals surface area (Å²) in [7, 11) is 0. The molecule has 3 heterocycles. The van der Waals surface area contributed by atoms with Crippen molar-refractivity contribution in [2.45, 2.75) is 37.3 Å². The molecule has 2 fully saturated rings. The van der Waals surface area contributed by atoms with Gasteiger partial charge in [-0.1, -0.05) is 29.8 Å². The number of piperazine rings is 1. The van der Waals surface area contributed by atoms with Crippen molar-refractivity contribution in [3.63, 3.8) is 0 Å². The quantitative estimate of drug-likeness (QED) is 0.531. The van der Waals surface area contributed by atoms with Crippen molar-refractivity contribution in [2.24, 2.45) is 0 Å². The molecule has 5 rings (SSSR count). The summed E-state index contributed by atoms with van der Waals surface area (Å²) in [5, 5.41) is 3.11. The van der Waals surface area contributed by atoms with E-state index in [4.69, 9.17) is 24.2 Å². The molecule has 1 N–H and O–H groups in total. The van der Waals surface area contributed by atoms with Gasteiger partial charge in [-0.2, -0.15) is 12.6 Å². The maximum Gasteiger partial charge on any atom is 0.243 e. The molecule has 2 aromatic carbocycles. The number of piperidine rings is 1. The van der Waals surface area contributed by atoms with Crippen LogP contribution in [0.3, 0.4) is 0 Å². The fraction of sp³-hybridized carbons (Fsp3) is 0.417. The number of rotatable bonds is 4. The summed E-state index contributed by atoms with van der Waals surface area (Å²) >= 11 is 10.8. The first-order valence-corrected chi connectivity index (χ1v) is 12.0. The normalized spacial score (nSPS) is 24.5. The molecule has 0 aromatic heterocycles. The van der Waals surface area contributed by atoms with E-state index in [0.29, 0.717) is 19.4 Å². The molecular formula is C24H27ClN4O2S. The largest absolute Gasteiger partial charge is 0.369 e. The molecule has 2 aromatic rings. The second kappa shape index (κ2) is 9.06. The summed E-state index contributed by atoms with van der Waals surface area (Å²) in [4.78, 5) is 30.8. The molecular weight excluding hydrogens is 444 g/mol. The number of halogens is 1. The monoisotopic (exact) mass is 470 g/mol. The molecule has 0 radical (unpaired) electrons. The van der Waals surface area contributed by atoms with Gasteiger partial charge in [0.2, 0.25) is 11.8 Å². The maximum atomic E-state index is 12.3. The highest BCUT2D eigenvalue weighted by Gasteiger charge is 2.39. The number of hydrogen-bond donors (Lipinski definition) is 2. The lowest BCUT2D eigenvalue weighted by Gasteiger charge is -2.36. The molecule has 2 atom stereocenters. The molecule has 168 valence electrons. The third-order valence-electron chi connectivity index (χ3n) is 6.73. The predicted octanol–water partition coefficient (Wildman–Crippen LogP) is 3.21. The molecule has 2 amide bonds. The maximum absolute atomic E-state index is 12.3. The fourth-order valence-electron chi connectivity index (χ4n) is 4.96. The Hall–Kier alpha value is -2.06. The number of benzene rings is 2. The van der Waals surface area contributed by atoms with Crippen LogP contribution in [0.5, 0.6) is 0 Å². The minimum absolute atomic E-state index is 0.120. The van der Waals surface area contributed by atoms with E-state index in [1.165, 1.54) is 16.8 Å². The van der Waals surface area contributed by atoms with E-state index in [2.05, 4.69) is 50.3 Å². The third-order valence-corrected chi connectivity index (χ3v) is 7.56. The number of carbonyl (C=O) groups is 2. The Morgan fingerprint density at radius 1 is 1.03 bits per heavy atom. The summed E-state index contributed by atoms with van der Waals surface area (Å²) < 4.78 is 0. The highest BCUT2D eigenvalue weighted by atomic mass is 35.5. The van der Waals surface area contributed by atoms with Gasteiger partial charge in [0.1, 0.15) is 0 Å². The van der Waals surface area contributed by atoms with Crippen molar-refractivity contribution >= 4 is 41.7 Å². The van der Waals surface area contributed by atoms with Gasteiger partial charge in [-0.3, -0.25) is 24.7 Å². The predicted molar refractivity (Wildman–Crippen MR) is 129 cm³/mol. The minimum Gasteiger partial charge on any atom is -0.369 e. The zero-order chi connectivity index (χ0) is 22.2. The highest BCUT2D eigenvalue weighted by molar-refractivity contribution is 7.80. The Kier molecular flexibility index (Phi) is 6.16. The van der Waals surface area contributed by atoms with Crippen LogP contribution in [-0.4, -0.2) is 53.8 Å². The van der Waals surface area contributed by atoms with Crippen LogP contribution in [0.1, 0.15) is 34.9 Å². The van der Waals surface area contributed by atoms with Crippen LogP contribution >= 0.6 is 24.2 Å². The molecule has 8 heteroatoms. The van der Waals surface area contributed by atoms with Crippen molar-refractivity contribution in [1.82, 2.24) is 15.1 Å². The van der Waals surface area contributed by atoms with Gasteiger partial charge in [0.05, 0.1) is 11.4 Å². The standard InChI is InChI=1S/C24H27ClN4O2S/c25-18-2-4-19(5-3-18)28-11-9-27(10-12-28)14-16-1-6-20-17(13-16)15-29(24(20)32)21-7-8-22(30)26-23(21)31/h1-6,13,21,24,32H,7-12,14-15H2,(H,26,30,31). The van der Waals surface area contributed by atoms with Gasteiger partial charge in [-0.05, 0) is 47.4 Å². The molecule has 0 saturated carbocycles. The number of carbonyl (C=O) groups excluding carboxylic acids is 2. The van der Waals surface area contributed by atoms with Crippen LogP contribution in [0.15, 0.2) is 42.5 Å². The summed E-state index contributed by atoms with van der Waals surface area (Å²) in [5.74, 6) is -0.385. The van der Waals surface area contributed by atoms with E-state index in [9.17, 15) is 9.59 Å². The van der Waals surface area contributed by atoms with E-state index >= 15 is 0 Å². The molecule has 0 spiro atoms. The zero-order valence-corrected chi connectivity index (χ0v) is 19.5. The average molecular weight is 471 g/mol. The number of nitrogens with zero attached hydrogens (tertiary/aromatic N) is 3. The first kappa shape index (κ1) is 21.8. The van der Waals surface area contributed by atoms with Gasteiger partial charge >= 0.3 is 0 Å². The minimum atomic E-state index is -0.299. The highest BCUT2D eigenvalue weighted by Crippen LogP contribution is 2.39. The number of thiol groups is 1. The fourth-order valence-corrected chi connectivity index (χ4v) is 5.58. The van der Waals surface area contributed by atoms with Crippen molar-refractivity contribution in [1.29, 1.82) is 0 Å². The second-order valence-corrected chi connectivity index (χ2v) is 9.71. The molecule has 0 aliphatic carbocycles. The average Bonchev–Trinajstić information content (AvgIpc) is 3.10. The van der Waals surface area contributed by atoms with Crippen molar-refractivity contribution in [3.05, 3.63) is 64.2 Å². The number of fused-ring (bicyclic) bond motifs is 1. The molecule has 6 nitrogen and oxygen atoms in total. The van der Waals surface area contributed by atoms with Gasteiger partial charge in [-0.15, -0.1) is 0 Å². The van der Waals surface area contributed by atoms with Gasteiger partial charge in [0, 0.05) is 56.4 Å². The lowest BCUT2D eigenvalue weighted by atomic mass is 10.0. The topological polar surface area (TPSA) is 55.9 Å². The van der Waals surface area contributed by atoms with Crippen LogP contribution in [-0.2, 0) is 22.7 Å². The summed E-state index contributed by atoms with van der Waals surface area (Å²) in [6, 6.07) is 14.4. The molecule has 0 bridgehead atoms. The van der Waals surface area contributed by atoms with Crippen LogP contribution in [0, 0.1) is 0 Å². The summed E-state index contributed by atoms with van der Waals surface area (Å²) in [6.07, 6.45) is 0.942. The molecule has 32 heavy (non-hydrogen) atoms. The van der Waals surface area contributed by atoms with Crippen LogP contribution < -0.4 is 10.2 Å². The molecule has 2 saturated heterocycles. The van der Waals surface area contributed by atoms with Gasteiger partial charge in [0.25, 0.3) is 0 Å². The van der Waals surface area contributed by atoms with E-state index < -0.39 is 0 Å². The summed E-state index contributed by atoms with van der Waals surface area (Å²) in [6.45, 7) is 5.61. The van der Waals surface area contributed by atoms with Crippen LogP contribution in [0.4, 0.5) is 5.69 Å². The number of anilines is 1. The number of amides is 2. The number of nitrogens with one attached hydrogen (secondary N) is 1. The van der Waals surface area contributed by atoms with Crippen LogP contribution in [0.2, 0.25) is 5.02 Å². The van der Waals surface area contributed by atoms with E-state index in [-0.39, 0.29) is 23.2 Å². The van der Waals surface area contributed by atoms with E-state index in [0.717, 1.165) is 43.3 Å². The lowest BCUT2D eigenvalue weighted by Crippen LogP contribution is -2.51. The lowest BCUT2D eigenvalue weighted by molar-refractivity contribution is -0.137. The Bertz CT molecular complexity index is 1020. The van der Waals surface area contributed by atoms with Crippen molar-refractivity contribution < 1.29 is 9.59 Å². The van der Waals surface area contributed by atoms with Crippen molar-refractivity contribution in [3.8, 4) is 0 Å². The van der Waals surface area contributed by atoms with Crippen molar-refractivity contribution in [2.75, 3.05) is 31.1 Å². The third kappa shape index (κ3) is 4.39. The number of imide groups is 1. The van der Waals surface area contributed by atoms with Crippen LogP contribution in [0.25, 0.3) is 0 Å². The van der Waals surface area contributed by atoms with E-state index in [1.807, 2.05) is 12.1 Å². The first-order valence-electron chi connectivity index (χ1n) is 11.1. The molecule has 3 aliphatic heterocycles. The molecule has 3 aliphatic rings.